The summed E-state index contributed by atoms with van der Waals surface area (Å²) in [6.45, 7) is 42.8. The van der Waals surface area contributed by atoms with Crippen molar-refractivity contribution >= 4 is 0 Å². The van der Waals surface area contributed by atoms with Crippen LogP contribution < -0.4 is 0 Å². The first-order valence-electron chi connectivity index (χ1n) is 23.8. The summed E-state index contributed by atoms with van der Waals surface area (Å²) in [5.74, 6) is 2.10. The molecule has 13 nitrogen and oxygen atoms in total. The van der Waals surface area contributed by atoms with Gasteiger partial charge in [-0.3, -0.25) is 29.2 Å². The van der Waals surface area contributed by atoms with Gasteiger partial charge in [0.15, 0.2) is 12.8 Å². The standard InChI is InChI=1S/C11H21N.C10H15N3.C10H17N3.C10H16N2O.C9H14N2O/c1-11(2,3)12-9-5-4-6-10(12)8-7-9;1-10(2,3)13-5-8-4-11-7-12-9(8)6-13;1-10(2,3)12-6-7-13-9(8-12)4-5-11-13;1-10(2,3)12-5-4-9-8(6-12)11-7-13-9;1-9(2,3)11-4-7-8(5-11)12-6-10-7/h9-10H,4-8H2,1-3H3;4,7H,5-6H2,1-3H3;4-5H,6-8H2,1-3H3;7H,4-6H2,1-3H3;6H,4-5H2,1-3H3. The molecule has 0 saturated carbocycles. The maximum atomic E-state index is 5.28. The number of fused-ring (bicyclic) bond motifs is 6. The molecule has 13 heteroatoms. The molecule has 0 aliphatic carbocycles. The number of aromatic nitrogens is 6. The molecule has 63 heavy (non-hydrogen) atoms. The van der Waals surface area contributed by atoms with Crippen LogP contribution in [0, 0.1) is 0 Å². The predicted molar refractivity (Wildman–Crippen MR) is 252 cm³/mol. The molecule has 6 aliphatic heterocycles. The Morgan fingerprint density at radius 1 is 0.524 bits per heavy atom. The van der Waals surface area contributed by atoms with Crippen LogP contribution in [-0.2, 0) is 52.2 Å². The van der Waals surface area contributed by atoms with Crippen LogP contribution in [0.4, 0.5) is 0 Å². The maximum Gasteiger partial charge on any atom is 0.181 e. The van der Waals surface area contributed by atoms with Crippen LogP contribution in [0.5, 0.6) is 0 Å². The topological polar surface area (TPSA) is 112 Å². The van der Waals surface area contributed by atoms with Gasteiger partial charge in [0, 0.05) is 110 Å². The summed E-state index contributed by atoms with van der Waals surface area (Å²) in [5, 5.41) is 4.26. The normalized spacial score (nSPS) is 21.9. The smallest absolute Gasteiger partial charge is 0.181 e. The van der Waals surface area contributed by atoms with Gasteiger partial charge in [0.1, 0.15) is 17.8 Å². The van der Waals surface area contributed by atoms with Crippen LogP contribution in [0.15, 0.2) is 46.4 Å². The van der Waals surface area contributed by atoms with Gasteiger partial charge in [0.25, 0.3) is 0 Å². The number of hydrogen-bond donors (Lipinski definition) is 0. The number of rotatable bonds is 0. The first-order chi connectivity index (χ1) is 29.4. The third-order valence-electron chi connectivity index (χ3n) is 13.7. The molecule has 4 aromatic heterocycles. The monoisotopic (exact) mass is 870 g/mol. The molecular weight excluding hydrogens is 787 g/mol. The van der Waals surface area contributed by atoms with Crippen LogP contribution in [-0.4, -0.2) is 107 Å². The van der Waals surface area contributed by atoms with Crippen molar-refractivity contribution in [1.82, 2.24) is 54.2 Å². The van der Waals surface area contributed by atoms with E-state index in [0.717, 1.165) is 100 Å². The van der Waals surface area contributed by atoms with Crippen LogP contribution in [0.2, 0.25) is 0 Å². The summed E-state index contributed by atoms with van der Waals surface area (Å²) in [7, 11) is 0. The molecule has 10 heterocycles. The molecule has 2 bridgehead atoms. The van der Waals surface area contributed by atoms with E-state index >= 15 is 0 Å². The molecule has 0 aromatic carbocycles. The molecule has 4 aromatic rings. The molecule has 0 radical (unpaired) electrons. The van der Waals surface area contributed by atoms with E-state index in [1.165, 1.54) is 55.4 Å². The van der Waals surface area contributed by atoms with Crippen molar-refractivity contribution < 1.29 is 8.83 Å². The quantitative estimate of drug-likeness (QED) is 0.168. The summed E-state index contributed by atoms with van der Waals surface area (Å²) in [6, 6.07) is 3.95. The summed E-state index contributed by atoms with van der Waals surface area (Å²) in [6.07, 6.45) is 16.8. The summed E-state index contributed by atoms with van der Waals surface area (Å²) in [4.78, 5) is 29.1. The number of oxazole rings is 2. The zero-order chi connectivity index (χ0) is 46.0. The lowest BCUT2D eigenvalue weighted by atomic mass is 9.95. The fourth-order valence-electron chi connectivity index (χ4n) is 9.68. The number of hydrogen-bond acceptors (Lipinski definition) is 12. The van der Waals surface area contributed by atoms with Gasteiger partial charge in [-0.05, 0) is 136 Å². The average molecular weight is 870 g/mol. The van der Waals surface area contributed by atoms with E-state index in [-0.39, 0.29) is 22.2 Å². The van der Waals surface area contributed by atoms with Gasteiger partial charge in [-0.15, -0.1) is 0 Å². The molecule has 2 unspecified atom stereocenters. The van der Waals surface area contributed by atoms with Gasteiger partial charge >= 0.3 is 0 Å². The predicted octanol–water partition coefficient (Wildman–Crippen LogP) is 9.51. The molecule has 0 N–H and O–H groups in total. The summed E-state index contributed by atoms with van der Waals surface area (Å²) in [5.41, 5.74) is 7.36. The first-order valence-corrected chi connectivity index (χ1v) is 23.8. The Morgan fingerprint density at radius 3 is 1.62 bits per heavy atom. The maximum absolute atomic E-state index is 5.28. The highest BCUT2D eigenvalue weighted by atomic mass is 16.3. The van der Waals surface area contributed by atoms with Crippen LogP contribution >= 0.6 is 0 Å². The second-order valence-corrected chi connectivity index (χ2v) is 23.4. The second kappa shape index (κ2) is 19.5. The van der Waals surface area contributed by atoms with E-state index in [1.54, 1.807) is 12.7 Å². The second-order valence-electron chi connectivity index (χ2n) is 23.4. The zero-order valence-corrected chi connectivity index (χ0v) is 42.0. The van der Waals surface area contributed by atoms with E-state index in [1.807, 2.05) is 12.4 Å². The van der Waals surface area contributed by atoms with Crippen LogP contribution in [0.25, 0.3) is 0 Å². The Hall–Kier alpha value is -3.49. The van der Waals surface area contributed by atoms with Gasteiger partial charge in [-0.2, -0.15) is 5.10 Å². The third kappa shape index (κ3) is 12.9. The Morgan fingerprint density at radius 2 is 1.06 bits per heavy atom. The molecule has 0 spiro atoms. The van der Waals surface area contributed by atoms with Crippen molar-refractivity contribution in [2.24, 2.45) is 0 Å². The molecule has 2 saturated heterocycles. The summed E-state index contributed by atoms with van der Waals surface area (Å²) < 4.78 is 12.6. The van der Waals surface area contributed by atoms with Crippen molar-refractivity contribution in [2.75, 3.05) is 13.1 Å². The Kier molecular flexibility index (Phi) is 15.2. The minimum Gasteiger partial charge on any atom is -0.448 e. The highest BCUT2D eigenvalue weighted by Gasteiger charge is 2.42. The first kappa shape index (κ1) is 49.0. The minimum atomic E-state index is 0.212. The third-order valence-corrected chi connectivity index (χ3v) is 13.7. The van der Waals surface area contributed by atoms with Crippen molar-refractivity contribution in [3.63, 3.8) is 0 Å². The fourth-order valence-corrected chi connectivity index (χ4v) is 9.68. The van der Waals surface area contributed by atoms with Crippen molar-refractivity contribution in [3.8, 4) is 0 Å². The van der Waals surface area contributed by atoms with Gasteiger partial charge in [0.05, 0.1) is 35.9 Å². The van der Waals surface area contributed by atoms with Crippen molar-refractivity contribution in [1.29, 1.82) is 0 Å². The van der Waals surface area contributed by atoms with Gasteiger partial charge < -0.3 is 8.83 Å². The molecule has 2 atom stereocenters. The SMILES string of the molecule is CC(C)(C)N1C2CCCC1CC2.CC(C)(C)N1CCc2ocnc2C1.CC(C)(C)N1CCn2nccc2C1.CC(C)(C)N1Cc2cncnc2C1.CC(C)(C)N1Cc2ncoc2C1. The molecular formula is C50H83N11O2. The number of nitrogens with zero attached hydrogens (tertiary/aromatic N) is 11. The van der Waals surface area contributed by atoms with E-state index < -0.39 is 0 Å². The van der Waals surface area contributed by atoms with Crippen LogP contribution in [0.1, 0.15) is 176 Å². The Labute approximate surface area is 380 Å². The fraction of sp³-hybridized carbons (Fsp3) is 0.740. The lowest BCUT2D eigenvalue weighted by molar-refractivity contribution is 0.0441. The zero-order valence-electron chi connectivity index (χ0n) is 42.0. The largest absolute Gasteiger partial charge is 0.448 e. The minimum absolute atomic E-state index is 0.212. The van der Waals surface area contributed by atoms with Crippen molar-refractivity contribution in [3.05, 3.63) is 77.4 Å². The summed E-state index contributed by atoms with van der Waals surface area (Å²) >= 11 is 0. The lowest BCUT2D eigenvalue weighted by Gasteiger charge is -2.44. The molecule has 2 fully saturated rings. The average Bonchev–Trinajstić information content (AvgIpc) is 4.04. The van der Waals surface area contributed by atoms with Gasteiger partial charge in [-0.1, -0.05) is 6.42 Å². The molecule has 6 aliphatic rings. The van der Waals surface area contributed by atoms with Crippen molar-refractivity contribution in [2.45, 2.75) is 228 Å². The molecule has 0 amide bonds. The molecule has 350 valence electrons. The van der Waals surface area contributed by atoms with E-state index in [9.17, 15) is 0 Å². The van der Waals surface area contributed by atoms with E-state index in [0.29, 0.717) is 5.54 Å². The van der Waals surface area contributed by atoms with Crippen LogP contribution in [0.3, 0.4) is 0 Å². The van der Waals surface area contributed by atoms with E-state index in [2.05, 4.69) is 164 Å². The molecule has 10 rings (SSSR count). The Balaban J connectivity index is 0.000000131. The Bertz CT molecular complexity index is 1890. The lowest BCUT2D eigenvalue weighted by Crippen LogP contribution is -2.51. The van der Waals surface area contributed by atoms with E-state index in [4.69, 9.17) is 8.83 Å². The highest BCUT2D eigenvalue weighted by Crippen LogP contribution is 2.40. The van der Waals surface area contributed by atoms with Gasteiger partial charge in [0.2, 0.25) is 0 Å². The number of piperidine rings is 1. The highest BCUT2D eigenvalue weighted by molar-refractivity contribution is 5.21. The van der Waals surface area contributed by atoms with Gasteiger partial charge in [-0.25, -0.2) is 19.9 Å².